The number of hydrogen-bond acceptors (Lipinski definition) is 7. The number of pyridine rings is 2. The molecule has 0 aromatic carbocycles. The van der Waals surface area contributed by atoms with Gasteiger partial charge in [0.1, 0.15) is 5.56 Å². The third-order valence-electron chi connectivity index (χ3n) is 4.61. The zero-order chi connectivity index (χ0) is 19.3. The first-order chi connectivity index (χ1) is 12.9. The number of aromatic nitrogens is 5. The molecule has 0 amide bonds. The molecule has 1 aliphatic rings. The minimum absolute atomic E-state index is 0.0711. The second-order valence-corrected chi connectivity index (χ2v) is 6.42. The van der Waals surface area contributed by atoms with Gasteiger partial charge in [-0.1, -0.05) is 5.21 Å². The average Bonchev–Trinajstić information content (AvgIpc) is 3.23. The Bertz CT molecular complexity index is 1120. The van der Waals surface area contributed by atoms with Gasteiger partial charge >= 0.3 is 5.97 Å². The summed E-state index contributed by atoms with van der Waals surface area (Å²) in [5, 5.41) is 16.8. The molecule has 140 valence electrons. The summed E-state index contributed by atoms with van der Waals surface area (Å²) in [7, 11) is 1.61. The lowest BCUT2D eigenvalue weighted by molar-refractivity contribution is 0.0695. The van der Waals surface area contributed by atoms with Crippen molar-refractivity contribution in [1.82, 2.24) is 24.5 Å². The molecule has 1 atom stereocenters. The van der Waals surface area contributed by atoms with Crippen LogP contribution < -0.4 is 16.1 Å². The largest absolute Gasteiger partial charge is 0.477 e. The van der Waals surface area contributed by atoms with Gasteiger partial charge in [0.2, 0.25) is 5.43 Å². The zero-order valence-electron chi connectivity index (χ0n) is 14.3. The molecule has 4 heterocycles. The van der Waals surface area contributed by atoms with E-state index in [-0.39, 0.29) is 22.9 Å². The van der Waals surface area contributed by atoms with Crippen molar-refractivity contribution in [1.29, 1.82) is 0 Å². The van der Waals surface area contributed by atoms with Crippen molar-refractivity contribution < 1.29 is 14.3 Å². The standard InChI is InChI=1S/C16H16FN7O3/c1-22-12(5-19-21-22)24-7-10(16(26)27)13(25)9-4-11(17)15(20-14(9)24)23-3-2-8(18)6-23/h4-5,7-8H,2-3,6,18H2,1H3,(H,26,27). The number of carboxylic acids is 1. The summed E-state index contributed by atoms with van der Waals surface area (Å²) in [6.07, 6.45) is 3.25. The molecular weight excluding hydrogens is 357 g/mol. The first-order valence-electron chi connectivity index (χ1n) is 8.21. The van der Waals surface area contributed by atoms with Crippen LogP contribution in [0.25, 0.3) is 16.9 Å². The molecule has 1 aliphatic heterocycles. The summed E-state index contributed by atoms with van der Waals surface area (Å²) in [6.45, 7) is 0.988. The van der Waals surface area contributed by atoms with Gasteiger partial charge in [0.05, 0.1) is 11.6 Å². The number of carbonyl (C=O) groups is 1. The van der Waals surface area contributed by atoms with E-state index < -0.39 is 22.8 Å². The van der Waals surface area contributed by atoms with E-state index in [1.54, 1.807) is 11.9 Å². The Balaban J connectivity index is 2.04. The van der Waals surface area contributed by atoms with Crippen molar-refractivity contribution in [3.8, 4) is 5.82 Å². The normalized spacial score (nSPS) is 17.0. The molecule has 11 heteroatoms. The highest BCUT2D eigenvalue weighted by molar-refractivity contribution is 5.92. The molecule has 3 aromatic rings. The van der Waals surface area contributed by atoms with E-state index in [9.17, 15) is 19.1 Å². The molecule has 3 N–H and O–H groups in total. The van der Waals surface area contributed by atoms with Crippen LogP contribution in [0.15, 0.2) is 23.3 Å². The molecule has 0 aliphatic carbocycles. The molecule has 0 saturated carbocycles. The maximum Gasteiger partial charge on any atom is 0.341 e. The predicted molar refractivity (Wildman–Crippen MR) is 93.6 cm³/mol. The molecule has 1 fully saturated rings. The summed E-state index contributed by atoms with van der Waals surface area (Å²) in [4.78, 5) is 30.1. The maximum absolute atomic E-state index is 14.7. The average molecular weight is 373 g/mol. The summed E-state index contributed by atoms with van der Waals surface area (Å²) in [5.41, 5.74) is 4.71. The fourth-order valence-corrected chi connectivity index (χ4v) is 3.25. The van der Waals surface area contributed by atoms with E-state index in [0.717, 1.165) is 12.3 Å². The molecule has 0 bridgehead atoms. The highest BCUT2D eigenvalue weighted by Crippen LogP contribution is 2.25. The molecule has 3 aromatic heterocycles. The SMILES string of the molecule is Cn1nncc1-n1cc(C(=O)O)c(=O)c2cc(F)c(N3CCC(N)C3)nc21. The van der Waals surface area contributed by atoms with Gasteiger partial charge in [-0.2, -0.15) is 0 Å². The Morgan fingerprint density at radius 2 is 2.22 bits per heavy atom. The quantitative estimate of drug-likeness (QED) is 0.650. The number of aryl methyl sites for hydroxylation is 1. The minimum Gasteiger partial charge on any atom is -0.477 e. The summed E-state index contributed by atoms with van der Waals surface area (Å²) < 4.78 is 17.5. The Kier molecular flexibility index (Phi) is 3.88. The number of nitrogens with zero attached hydrogens (tertiary/aromatic N) is 6. The van der Waals surface area contributed by atoms with E-state index in [1.165, 1.54) is 15.4 Å². The van der Waals surface area contributed by atoms with Gasteiger partial charge in [-0.3, -0.25) is 9.36 Å². The van der Waals surface area contributed by atoms with Crippen LogP contribution in [0.5, 0.6) is 0 Å². The van der Waals surface area contributed by atoms with Gasteiger partial charge in [0.15, 0.2) is 23.1 Å². The smallest absolute Gasteiger partial charge is 0.341 e. The van der Waals surface area contributed by atoms with Gasteiger partial charge in [-0.25, -0.2) is 18.9 Å². The number of anilines is 1. The van der Waals surface area contributed by atoms with Gasteiger partial charge in [0, 0.05) is 32.4 Å². The fourth-order valence-electron chi connectivity index (χ4n) is 3.25. The molecule has 10 nitrogen and oxygen atoms in total. The van der Waals surface area contributed by atoms with E-state index in [1.807, 2.05) is 0 Å². The van der Waals surface area contributed by atoms with Gasteiger partial charge < -0.3 is 15.7 Å². The van der Waals surface area contributed by atoms with Gasteiger partial charge in [0.25, 0.3) is 0 Å². The van der Waals surface area contributed by atoms with Gasteiger partial charge in [-0.15, -0.1) is 5.10 Å². The Hall–Kier alpha value is -3.34. The minimum atomic E-state index is -1.42. The van der Waals surface area contributed by atoms with Crippen molar-refractivity contribution >= 4 is 22.8 Å². The molecule has 1 saturated heterocycles. The van der Waals surface area contributed by atoms with Crippen molar-refractivity contribution in [3.05, 3.63) is 40.1 Å². The highest BCUT2D eigenvalue weighted by Gasteiger charge is 2.26. The number of aromatic carboxylic acids is 1. The van der Waals surface area contributed by atoms with Crippen molar-refractivity contribution in [2.45, 2.75) is 12.5 Å². The lowest BCUT2D eigenvalue weighted by atomic mass is 10.2. The van der Waals surface area contributed by atoms with Crippen LogP contribution >= 0.6 is 0 Å². The first kappa shape index (κ1) is 17.1. The van der Waals surface area contributed by atoms with Crippen molar-refractivity contribution in [2.24, 2.45) is 12.8 Å². The summed E-state index contributed by atoms with van der Waals surface area (Å²) in [5.74, 6) is -1.67. The number of halogens is 1. The van der Waals surface area contributed by atoms with Crippen LogP contribution in [0.3, 0.4) is 0 Å². The molecule has 27 heavy (non-hydrogen) atoms. The first-order valence-corrected chi connectivity index (χ1v) is 8.21. The molecule has 0 spiro atoms. The van der Waals surface area contributed by atoms with E-state index >= 15 is 0 Å². The highest BCUT2D eigenvalue weighted by atomic mass is 19.1. The summed E-state index contributed by atoms with van der Waals surface area (Å²) in [6, 6.07) is 0.941. The fraction of sp³-hybridized carbons (Fsp3) is 0.312. The van der Waals surface area contributed by atoms with Crippen molar-refractivity contribution in [3.63, 3.8) is 0 Å². The van der Waals surface area contributed by atoms with Crippen LogP contribution in [0.2, 0.25) is 0 Å². The van der Waals surface area contributed by atoms with E-state index in [2.05, 4.69) is 15.3 Å². The topological polar surface area (TPSA) is 132 Å². The third kappa shape index (κ3) is 2.72. The van der Waals surface area contributed by atoms with Gasteiger partial charge in [-0.05, 0) is 12.5 Å². The maximum atomic E-state index is 14.7. The lowest BCUT2D eigenvalue weighted by Crippen LogP contribution is -2.28. The number of fused-ring (bicyclic) bond motifs is 1. The third-order valence-corrected chi connectivity index (χ3v) is 4.61. The number of rotatable bonds is 3. The van der Waals surface area contributed by atoms with Crippen molar-refractivity contribution in [2.75, 3.05) is 18.0 Å². The Morgan fingerprint density at radius 3 is 2.81 bits per heavy atom. The monoisotopic (exact) mass is 373 g/mol. The second-order valence-electron chi connectivity index (χ2n) is 6.42. The van der Waals surface area contributed by atoms with Crippen LogP contribution in [0.1, 0.15) is 16.8 Å². The van der Waals surface area contributed by atoms with Crippen LogP contribution in [0.4, 0.5) is 10.2 Å². The number of hydrogen-bond donors (Lipinski definition) is 2. The molecule has 0 radical (unpaired) electrons. The van der Waals surface area contributed by atoms with Crippen LogP contribution in [-0.4, -0.2) is 54.8 Å². The van der Waals surface area contributed by atoms with Crippen LogP contribution in [-0.2, 0) is 7.05 Å². The molecule has 4 rings (SSSR count). The Labute approximate surface area is 151 Å². The Morgan fingerprint density at radius 1 is 1.44 bits per heavy atom. The lowest BCUT2D eigenvalue weighted by Gasteiger charge is -2.19. The number of nitrogens with two attached hydrogens (primary N) is 1. The van der Waals surface area contributed by atoms with E-state index in [4.69, 9.17) is 5.73 Å². The van der Waals surface area contributed by atoms with E-state index in [0.29, 0.717) is 25.3 Å². The summed E-state index contributed by atoms with van der Waals surface area (Å²) >= 11 is 0. The molecular formula is C16H16FN7O3. The predicted octanol–water partition coefficient (Wildman–Crippen LogP) is -0.111. The second kappa shape index (κ2) is 6.13. The van der Waals surface area contributed by atoms with Crippen LogP contribution in [0, 0.1) is 5.82 Å². The molecule has 1 unspecified atom stereocenters. The zero-order valence-corrected chi connectivity index (χ0v) is 14.3. The number of carboxylic acid groups (broad SMARTS) is 1.